The van der Waals surface area contributed by atoms with E-state index in [4.69, 9.17) is 26.8 Å². The largest absolute Gasteiger partial charge is 0.490 e. The molecule has 0 atom stereocenters. The van der Waals surface area contributed by atoms with Gasteiger partial charge in [-0.3, -0.25) is 4.79 Å². The first-order valence-corrected chi connectivity index (χ1v) is 10.4. The van der Waals surface area contributed by atoms with E-state index in [1.807, 2.05) is 32.0 Å². The van der Waals surface area contributed by atoms with E-state index < -0.39 is 11.3 Å². The highest BCUT2D eigenvalue weighted by atomic mass is 16.6. The number of oxime groups is 1. The second kappa shape index (κ2) is 8.14. The fourth-order valence-electron chi connectivity index (χ4n) is 4.40. The van der Waals surface area contributed by atoms with Gasteiger partial charge in [-0.1, -0.05) is 5.16 Å². The number of aromatic nitrogens is 2. The van der Waals surface area contributed by atoms with Crippen LogP contribution in [0.3, 0.4) is 0 Å². The Balaban J connectivity index is 1.76. The van der Waals surface area contributed by atoms with Crippen LogP contribution in [0.5, 0.6) is 5.75 Å². The first-order valence-electron chi connectivity index (χ1n) is 10.4. The van der Waals surface area contributed by atoms with Crippen molar-refractivity contribution in [3.05, 3.63) is 35.7 Å². The number of hydrogen-bond donors (Lipinski definition) is 3. The number of fused-ring (bicyclic) bond motifs is 3. The molecule has 9 nitrogen and oxygen atoms in total. The van der Waals surface area contributed by atoms with Gasteiger partial charge in [-0.2, -0.15) is 0 Å². The molecule has 1 amide bonds. The fourth-order valence-corrected chi connectivity index (χ4v) is 4.40. The summed E-state index contributed by atoms with van der Waals surface area (Å²) in [5, 5.41) is 4.29. The Bertz CT molecular complexity index is 1030. The predicted octanol–water partition coefficient (Wildman–Crippen LogP) is 1.87. The molecule has 31 heavy (non-hydrogen) atoms. The highest BCUT2D eigenvalue weighted by molar-refractivity contribution is 6.15. The molecule has 2 aromatic rings. The van der Waals surface area contributed by atoms with Crippen LogP contribution in [0.15, 0.2) is 29.7 Å². The highest BCUT2D eigenvalue weighted by Crippen LogP contribution is 2.45. The number of ether oxygens (including phenoxy) is 1. The Morgan fingerprint density at radius 3 is 2.65 bits per heavy atom. The molecular formula is C22H28N6O3. The first kappa shape index (κ1) is 21.0. The molecule has 1 aromatic carbocycles. The van der Waals surface area contributed by atoms with Crippen molar-refractivity contribution in [3.8, 4) is 17.0 Å². The van der Waals surface area contributed by atoms with Gasteiger partial charge < -0.3 is 26.8 Å². The number of amides is 1. The Morgan fingerprint density at radius 2 is 1.94 bits per heavy atom. The monoisotopic (exact) mass is 424 g/mol. The molecule has 0 aliphatic heterocycles. The van der Waals surface area contributed by atoms with Gasteiger partial charge in [-0.05, 0) is 57.7 Å². The first-order chi connectivity index (χ1) is 14.8. The van der Waals surface area contributed by atoms with Gasteiger partial charge in [0, 0.05) is 28.1 Å². The molecule has 2 aliphatic carbocycles. The number of nitrogen functional groups attached to an aromatic ring is 1. The molecule has 9 heteroatoms. The number of anilines is 1. The summed E-state index contributed by atoms with van der Waals surface area (Å²) >= 11 is 0. The Kier molecular flexibility index (Phi) is 5.53. The van der Waals surface area contributed by atoms with Crippen LogP contribution in [0.4, 0.5) is 5.82 Å². The number of carbonyl (C=O) groups excluding carboxylic acids is 1. The number of nitrogens with zero attached hydrogens (tertiary/aromatic N) is 3. The van der Waals surface area contributed by atoms with Gasteiger partial charge in [-0.15, -0.1) is 0 Å². The van der Waals surface area contributed by atoms with Gasteiger partial charge >= 0.3 is 0 Å². The van der Waals surface area contributed by atoms with E-state index in [1.54, 1.807) is 0 Å². The van der Waals surface area contributed by atoms with Gasteiger partial charge in [-0.25, -0.2) is 9.97 Å². The molecule has 0 bridgehead atoms. The summed E-state index contributed by atoms with van der Waals surface area (Å²) in [6, 6.07) is 6.07. The van der Waals surface area contributed by atoms with E-state index in [9.17, 15) is 4.79 Å². The lowest BCUT2D eigenvalue weighted by Gasteiger charge is -2.35. The Morgan fingerprint density at radius 1 is 1.19 bits per heavy atom. The SMILES string of the molecule is CC1(C)/C(=N/OCC(N)=O)c2cc(OC3CCC(N)CC3)ccc2-c2ncnc(N)c21. The quantitative estimate of drug-likeness (QED) is 0.620. The average Bonchev–Trinajstić information content (AvgIpc) is 2.71. The van der Waals surface area contributed by atoms with Gasteiger partial charge in [0.15, 0.2) is 6.61 Å². The third-order valence-corrected chi connectivity index (χ3v) is 5.98. The van der Waals surface area contributed by atoms with E-state index in [1.165, 1.54) is 6.33 Å². The van der Waals surface area contributed by atoms with Crippen LogP contribution >= 0.6 is 0 Å². The van der Waals surface area contributed by atoms with Gasteiger partial charge in [0.05, 0.1) is 17.5 Å². The van der Waals surface area contributed by atoms with Crippen LogP contribution in [0.1, 0.15) is 50.7 Å². The van der Waals surface area contributed by atoms with Crippen molar-refractivity contribution >= 4 is 17.4 Å². The van der Waals surface area contributed by atoms with E-state index in [2.05, 4.69) is 15.1 Å². The normalized spacial score (nSPS) is 23.0. The summed E-state index contributed by atoms with van der Waals surface area (Å²) in [7, 11) is 0. The van der Waals surface area contributed by atoms with Crippen LogP contribution < -0.4 is 21.9 Å². The van der Waals surface area contributed by atoms with Crippen LogP contribution in [-0.4, -0.2) is 40.3 Å². The van der Waals surface area contributed by atoms with Gasteiger partial charge in [0.2, 0.25) is 0 Å². The predicted molar refractivity (Wildman–Crippen MR) is 117 cm³/mol. The molecule has 1 saturated carbocycles. The lowest BCUT2D eigenvalue weighted by atomic mass is 9.70. The Labute approximate surface area is 181 Å². The number of hydrogen-bond acceptors (Lipinski definition) is 8. The molecule has 0 spiro atoms. The van der Waals surface area contributed by atoms with Crippen LogP contribution in [0, 0.1) is 0 Å². The van der Waals surface area contributed by atoms with Crippen molar-refractivity contribution in [1.82, 2.24) is 9.97 Å². The summed E-state index contributed by atoms with van der Waals surface area (Å²) in [5.41, 5.74) is 20.6. The van der Waals surface area contributed by atoms with Crippen LogP contribution in [-0.2, 0) is 15.0 Å². The molecule has 1 heterocycles. The molecular weight excluding hydrogens is 396 g/mol. The molecule has 1 aromatic heterocycles. The third-order valence-electron chi connectivity index (χ3n) is 5.98. The Hall–Kier alpha value is -3.20. The van der Waals surface area contributed by atoms with Crippen molar-refractivity contribution in [2.24, 2.45) is 16.6 Å². The summed E-state index contributed by atoms with van der Waals surface area (Å²) in [5.74, 6) is 0.513. The zero-order chi connectivity index (χ0) is 22.2. The number of primary amides is 1. The number of nitrogens with two attached hydrogens (primary N) is 3. The topological polar surface area (TPSA) is 152 Å². The van der Waals surface area contributed by atoms with Crippen molar-refractivity contribution < 1.29 is 14.4 Å². The van der Waals surface area contributed by atoms with Crippen molar-refractivity contribution in [2.75, 3.05) is 12.3 Å². The van der Waals surface area contributed by atoms with E-state index >= 15 is 0 Å². The van der Waals surface area contributed by atoms with Crippen LogP contribution in [0.2, 0.25) is 0 Å². The lowest BCUT2D eigenvalue weighted by molar-refractivity contribution is -0.122. The lowest BCUT2D eigenvalue weighted by Crippen LogP contribution is -2.36. The maximum absolute atomic E-state index is 11.2. The minimum Gasteiger partial charge on any atom is -0.490 e. The summed E-state index contributed by atoms with van der Waals surface area (Å²) in [6.45, 7) is 3.62. The van der Waals surface area contributed by atoms with Gasteiger partial charge in [0.1, 0.15) is 17.9 Å². The second-order valence-electron chi connectivity index (χ2n) is 8.65. The molecule has 164 valence electrons. The second-order valence-corrected chi connectivity index (χ2v) is 8.65. The van der Waals surface area contributed by atoms with Crippen molar-refractivity contribution in [1.29, 1.82) is 0 Å². The van der Waals surface area contributed by atoms with E-state index in [0.717, 1.165) is 53.8 Å². The van der Waals surface area contributed by atoms with E-state index in [-0.39, 0.29) is 18.8 Å². The summed E-state index contributed by atoms with van der Waals surface area (Å²) in [6.07, 6.45) is 5.36. The summed E-state index contributed by atoms with van der Waals surface area (Å²) < 4.78 is 6.26. The molecule has 4 rings (SSSR count). The molecule has 6 N–H and O–H groups in total. The highest BCUT2D eigenvalue weighted by Gasteiger charge is 2.41. The van der Waals surface area contributed by atoms with Crippen LogP contribution in [0.25, 0.3) is 11.3 Å². The average molecular weight is 425 g/mol. The smallest absolute Gasteiger partial charge is 0.258 e. The molecule has 0 radical (unpaired) electrons. The van der Waals surface area contributed by atoms with Crippen molar-refractivity contribution in [3.63, 3.8) is 0 Å². The minimum atomic E-state index is -0.665. The van der Waals surface area contributed by atoms with Crippen molar-refractivity contribution in [2.45, 2.75) is 57.1 Å². The minimum absolute atomic E-state index is 0.131. The molecule has 0 unspecified atom stereocenters. The maximum atomic E-state index is 11.2. The summed E-state index contributed by atoms with van der Waals surface area (Å²) in [4.78, 5) is 25.1. The standard InChI is InChI=1S/C22H28N6O3/c1-22(2)18-19(26-11-27-21(18)25)15-8-7-14(31-13-5-3-12(23)4-6-13)9-16(15)20(22)28-30-10-17(24)29/h7-9,11-13H,3-6,10,23H2,1-2H3,(H2,24,29)(H2,25,26,27)/b28-20+. The molecule has 1 fully saturated rings. The fraction of sp³-hybridized carbons (Fsp3) is 0.455. The van der Waals surface area contributed by atoms with Gasteiger partial charge in [0.25, 0.3) is 5.91 Å². The van der Waals surface area contributed by atoms with E-state index in [0.29, 0.717) is 11.5 Å². The number of rotatable bonds is 5. The third kappa shape index (κ3) is 4.05. The zero-order valence-corrected chi connectivity index (χ0v) is 17.8. The number of benzene rings is 1. The zero-order valence-electron chi connectivity index (χ0n) is 17.8. The molecule has 0 saturated heterocycles. The number of carbonyl (C=O) groups is 1. The molecule has 2 aliphatic rings. The maximum Gasteiger partial charge on any atom is 0.258 e.